The average molecular weight is 399 g/mol. The Morgan fingerprint density at radius 2 is 1.73 bits per heavy atom. The predicted octanol–water partition coefficient (Wildman–Crippen LogP) is 4.61. The summed E-state index contributed by atoms with van der Waals surface area (Å²) in [4.78, 5) is 11.1. The molecule has 0 aliphatic carbocycles. The summed E-state index contributed by atoms with van der Waals surface area (Å²) in [6.45, 7) is 5.01. The number of nitrogens with zero attached hydrogens (tertiary/aromatic N) is 5. The maximum Gasteiger partial charge on any atom is 0.159 e. The van der Waals surface area contributed by atoms with Gasteiger partial charge in [0.25, 0.3) is 0 Å². The molecule has 0 aliphatic rings. The second-order valence-corrected chi connectivity index (χ2v) is 7.56. The van der Waals surface area contributed by atoms with Crippen molar-refractivity contribution in [3.05, 3.63) is 83.3 Å². The Hall–Kier alpha value is -3.67. The fourth-order valence-electron chi connectivity index (χ4n) is 3.54. The molecular weight excluding hydrogens is 372 g/mol. The average Bonchev–Trinajstić information content (AvgIpc) is 3.00. The van der Waals surface area contributed by atoms with E-state index < -0.39 is 0 Å². The van der Waals surface area contributed by atoms with Crippen LogP contribution in [0.3, 0.4) is 0 Å². The summed E-state index contributed by atoms with van der Waals surface area (Å²) < 4.78 is 2.23. The van der Waals surface area contributed by atoms with Crippen LogP contribution in [-0.4, -0.2) is 34.8 Å². The Balaban J connectivity index is 1.61. The van der Waals surface area contributed by atoms with E-state index in [4.69, 9.17) is 0 Å². The third-order valence-corrected chi connectivity index (χ3v) is 5.38. The maximum absolute atomic E-state index is 4.57. The van der Waals surface area contributed by atoms with Crippen molar-refractivity contribution in [3.8, 4) is 0 Å². The molecule has 6 heteroatoms. The molecule has 0 amide bonds. The predicted molar refractivity (Wildman–Crippen MR) is 125 cm³/mol. The lowest BCUT2D eigenvalue weighted by Crippen LogP contribution is -2.08. The van der Waals surface area contributed by atoms with E-state index in [0.29, 0.717) is 5.82 Å². The minimum absolute atomic E-state index is 0.716. The zero-order valence-corrected chi connectivity index (χ0v) is 17.8. The Morgan fingerprint density at radius 3 is 2.43 bits per heavy atom. The quantitative estimate of drug-likeness (QED) is 0.381. The van der Waals surface area contributed by atoms with Gasteiger partial charge in [-0.2, -0.15) is 5.10 Å². The van der Waals surface area contributed by atoms with Crippen LogP contribution < -0.4 is 10.3 Å². The first-order chi connectivity index (χ1) is 14.5. The molecular formula is C24H26N6. The molecule has 2 heterocycles. The molecule has 1 N–H and O–H groups in total. The van der Waals surface area contributed by atoms with Crippen molar-refractivity contribution in [2.75, 3.05) is 24.4 Å². The molecule has 4 aromatic rings. The van der Waals surface area contributed by atoms with E-state index in [1.165, 1.54) is 11.3 Å². The van der Waals surface area contributed by atoms with Gasteiger partial charge in [0, 0.05) is 32.0 Å². The minimum Gasteiger partial charge on any atom is -0.378 e. The summed E-state index contributed by atoms with van der Waals surface area (Å²) >= 11 is 0. The molecule has 0 fully saturated rings. The second-order valence-electron chi connectivity index (χ2n) is 7.56. The van der Waals surface area contributed by atoms with Gasteiger partial charge in [-0.05, 0) is 42.7 Å². The van der Waals surface area contributed by atoms with E-state index in [0.717, 1.165) is 34.4 Å². The number of aromatic nitrogens is 3. The monoisotopic (exact) mass is 398 g/mol. The van der Waals surface area contributed by atoms with E-state index in [9.17, 15) is 0 Å². The highest BCUT2D eigenvalue weighted by atomic mass is 15.3. The van der Waals surface area contributed by atoms with Crippen LogP contribution in [0.15, 0.2) is 66.0 Å². The van der Waals surface area contributed by atoms with Gasteiger partial charge in [0.05, 0.1) is 11.6 Å². The molecule has 2 aromatic carbocycles. The van der Waals surface area contributed by atoms with Crippen LogP contribution in [0, 0.1) is 13.8 Å². The summed E-state index contributed by atoms with van der Waals surface area (Å²) in [5.74, 6) is 0.716. The highest BCUT2D eigenvalue weighted by molar-refractivity contribution is 5.92. The van der Waals surface area contributed by atoms with Gasteiger partial charge in [0.2, 0.25) is 0 Å². The number of aryl methyl sites for hydroxylation is 1. The van der Waals surface area contributed by atoms with Gasteiger partial charge in [-0.1, -0.05) is 42.5 Å². The van der Waals surface area contributed by atoms with Gasteiger partial charge < -0.3 is 9.47 Å². The highest BCUT2D eigenvalue weighted by Crippen LogP contribution is 2.29. The fourth-order valence-corrected chi connectivity index (χ4v) is 3.54. The molecule has 0 atom stereocenters. The van der Waals surface area contributed by atoms with Gasteiger partial charge in [0.15, 0.2) is 5.82 Å². The van der Waals surface area contributed by atoms with Gasteiger partial charge in [0.1, 0.15) is 12.0 Å². The number of hydrazone groups is 1. The third-order valence-electron chi connectivity index (χ3n) is 5.38. The molecule has 0 bridgehead atoms. The topological polar surface area (TPSA) is 58.3 Å². The van der Waals surface area contributed by atoms with Crippen LogP contribution in [0.4, 0.5) is 11.5 Å². The van der Waals surface area contributed by atoms with E-state index >= 15 is 0 Å². The number of fused-ring (bicyclic) bond motifs is 1. The van der Waals surface area contributed by atoms with Crippen molar-refractivity contribution in [3.63, 3.8) is 0 Å². The molecule has 0 spiro atoms. The van der Waals surface area contributed by atoms with Crippen molar-refractivity contribution >= 4 is 28.8 Å². The molecule has 0 saturated heterocycles. The van der Waals surface area contributed by atoms with Crippen molar-refractivity contribution < 1.29 is 0 Å². The standard InChI is InChI=1S/C24H26N6/c1-17-18(2)30(15-20-8-6-5-7-9-20)24-22(17)23(25-16-26-24)28-27-14-19-10-12-21(13-11-19)29(3)4/h5-14,16H,15H2,1-4H3,(H,25,26,28). The zero-order valence-electron chi connectivity index (χ0n) is 17.8. The van der Waals surface area contributed by atoms with Crippen LogP contribution >= 0.6 is 0 Å². The molecule has 6 nitrogen and oxygen atoms in total. The Morgan fingerprint density at radius 1 is 1.00 bits per heavy atom. The molecule has 0 saturated carbocycles. The lowest BCUT2D eigenvalue weighted by molar-refractivity contribution is 0.790. The zero-order chi connectivity index (χ0) is 21.1. The highest BCUT2D eigenvalue weighted by Gasteiger charge is 2.16. The first-order valence-corrected chi connectivity index (χ1v) is 9.95. The number of nitrogens with one attached hydrogen (secondary N) is 1. The number of hydrogen-bond donors (Lipinski definition) is 1. The third kappa shape index (κ3) is 3.89. The van der Waals surface area contributed by atoms with Crippen molar-refractivity contribution in [1.82, 2.24) is 14.5 Å². The smallest absolute Gasteiger partial charge is 0.159 e. The molecule has 0 aliphatic heterocycles. The molecule has 0 radical (unpaired) electrons. The van der Waals surface area contributed by atoms with E-state index in [1.54, 1.807) is 12.5 Å². The Labute approximate surface area is 176 Å². The Kier molecular flexibility index (Phi) is 5.48. The molecule has 2 aromatic heterocycles. The minimum atomic E-state index is 0.716. The van der Waals surface area contributed by atoms with Crippen molar-refractivity contribution in [1.29, 1.82) is 0 Å². The van der Waals surface area contributed by atoms with E-state index in [-0.39, 0.29) is 0 Å². The number of benzene rings is 2. The summed E-state index contributed by atoms with van der Waals surface area (Å²) in [5.41, 5.74) is 9.79. The van der Waals surface area contributed by atoms with E-state index in [2.05, 4.69) is 80.2 Å². The first-order valence-electron chi connectivity index (χ1n) is 9.95. The number of hydrogen-bond acceptors (Lipinski definition) is 5. The maximum atomic E-state index is 4.57. The van der Waals surface area contributed by atoms with Gasteiger partial charge in [-0.3, -0.25) is 5.43 Å². The lowest BCUT2D eigenvalue weighted by Gasteiger charge is -2.11. The van der Waals surface area contributed by atoms with Crippen LogP contribution in [0.2, 0.25) is 0 Å². The molecule has 4 rings (SSSR count). The van der Waals surface area contributed by atoms with Crippen molar-refractivity contribution in [2.45, 2.75) is 20.4 Å². The summed E-state index contributed by atoms with van der Waals surface area (Å²) in [6.07, 6.45) is 3.39. The summed E-state index contributed by atoms with van der Waals surface area (Å²) in [7, 11) is 4.05. The Bertz CT molecular complexity index is 1170. The van der Waals surface area contributed by atoms with Gasteiger partial charge in [-0.25, -0.2) is 9.97 Å². The van der Waals surface area contributed by atoms with E-state index in [1.807, 2.05) is 32.3 Å². The van der Waals surface area contributed by atoms with Crippen molar-refractivity contribution in [2.24, 2.45) is 5.10 Å². The van der Waals surface area contributed by atoms with Crippen LogP contribution in [-0.2, 0) is 6.54 Å². The largest absolute Gasteiger partial charge is 0.378 e. The lowest BCUT2D eigenvalue weighted by atomic mass is 10.2. The van der Waals surface area contributed by atoms with Gasteiger partial charge >= 0.3 is 0 Å². The molecule has 0 unspecified atom stereocenters. The number of anilines is 2. The second kappa shape index (κ2) is 8.37. The van der Waals surface area contributed by atoms with Gasteiger partial charge in [-0.15, -0.1) is 0 Å². The van der Waals surface area contributed by atoms with Crippen LogP contribution in [0.25, 0.3) is 11.0 Å². The number of rotatable bonds is 6. The summed E-state index contributed by atoms with van der Waals surface area (Å²) in [5, 5.41) is 5.42. The molecule has 152 valence electrons. The van der Waals surface area contributed by atoms with Crippen LogP contribution in [0.1, 0.15) is 22.4 Å². The normalized spacial score (nSPS) is 11.3. The fraction of sp³-hybridized carbons (Fsp3) is 0.208. The SMILES string of the molecule is Cc1c(C)n(Cc2ccccc2)c2ncnc(NN=Cc3ccc(N(C)C)cc3)c12. The molecule has 30 heavy (non-hydrogen) atoms. The van der Waals surface area contributed by atoms with Crippen LogP contribution in [0.5, 0.6) is 0 Å². The summed E-state index contributed by atoms with van der Waals surface area (Å²) in [6, 6.07) is 18.6. The first kappa shape index (κ1) is 19.6.